The first-order valence-electron chi connectivity index (χ1n) is 40.2. The van der Waals surface area contributed by atoms with E-state index in [2.05, 4.69) is 34.6 Å². The molecular formula is C77H150O17P2. The predicted molar refractivity (Wildman–Crippen MR) is 391 cm³/mol. The highest BCUT2D eigenvalue weighted by atomic mass is 31.2. The van der Waals surface area contributed by atoms with Gasteiger partial charge in [-0.15, -0.1) is 0 Å². The Morgan fingerprint density at radius 3 is 0.740 bits per heavy atom. The number of aliphatic hydroxyl groups excluding tert-OH is 1. The zero-order valence-corrected chi connectivity index (χ0v) is 64.3. The van der Waals surface area contributed by atoms with Gasteiger partial charge in [0.15, 0.2) is 12.2 Å². The van der Waals surface area contributed by atoms with Crippen molar-refractivity contribution in [3.05, 3.63) is 0 Å². The second-order valence-electron chi connectivity index (χ2n) is 28.0. The van der Waals surface area contributed by atoms with Gasteiger partial charge >= 0.3 is 39.5 Å². The minimum Gasteiger partial charge on any atom is -0.462 e. The maximum atomic E-state index is 13.1. The minimum atomic E-state index is -4.96. The monoisotopic (exact) mass is 1410 g/mol. The Balaban J connectivity index is 5.25. The maximum absolute atomic E-state index is 13.1. The van der Waals surface area contributed by atoms with Crippen LogP contribution in [0.1, 0.15) is 407 Å². The molecule has 0 amide bonds. The molecule has 19 heteroatoms. The number of hydrogen-bond donors (Lipinski definition) is 3. The molecule has 0 rings (SSSR count). The summed E-state index contributed by atoms with van der Waals surface area (Å²) in [4.78, 5) is 72.9. The van der Waals surface area contributed by atoms with Crippen LogP contribution in [-0.2, 0) is 65.4 Å². The number of ether oxygens (including phenoxy) is 4. The summed E-state index contributed by atoms with van der Waals surface area (Å²) in [6.45, 7) is 7.36. The van der Waals surface area contributed by atoms with E-state index in [0.29, 0.717) is 25.7 Å². The molecule has 0 aromatic heterocycles. The van der Waals surface area contributed by atoms with Gasteiger partial charge in [0.1, 0.15) is 19.3 Å². The summed E-state index contributed by atoms with van der Waals surface area (Å²) < 4.78 is 68.6. The van der Waals surface area contributed by atoms with Gasteiger partial charge in [0.05, 0.1) is 26.4 Å². The molecule has 0 radical (unpaired) electrons. The first-order chi connectivity index (χ1) is 46.6. The average molecular weight is 1410 g/mol. The van der Waals surface area contributed by atoms with Gasteiger partial charge in [-0.25, -0.2) is 9.13 Å². The third-order valence-electron chi connectivity index (χ3n) is 18.4. The summed E-state index contributed by atoms with van der Waals surface area (Å²) in [5.41, 5.74) is 0. The first-order valence-corrected chi connectivity index (χ1v) is 43.2. The number of esters is 4. The highest BCUT2D eigenvalue weighted by Crippen LogP contribution is 2.45. The van der Waals surface area contributed by atoms with Crippen LogP contribution in [0.3, 0.4) is 0 Å². The third kappa shape index (κ3) is 69.2. The number of aliphatic hydroxyl groups is 1. The fourth-order valence-electron chi connectivity index (χ4n) is 11.8. The average Bonchev–Trinajstić information content (AvgIpc) is 2.57. The highest BCUT2D eigenvalue weighted by molar-refractivity contribution is 7.47. The lowest BCUT2D eigenvalue weighted by Crippen LogP contribution is -2.30. The van der Waals surface area contributed by atoms with E-state index in [0.717, 1.165) is 95.8 Å². The molecule has 0 saturated heterocycles. The van der Waals surface area contributed by atoms with Crippen molar-refractivity contribution in [3.63, 3.8) is 0 Å². The Kier molecular flexibility index (Phi) is 68.7. The predicted octanol–water partition coefficient (Wildman–Crippen LogP) is 22.9. The van der Waals surface area contributed by atoms with Crippen LogP contribution in [-0.4, -0.2) is 96.7 Å². The van der Waals surface area contributed by atoms with E-state index < -0.39 is 97.5 Å². The van der Waals surface area contributed by atoms with Crippen molar-refractivity contribution in [2.24, 2.45) is 5.92 Å². The number of hydrogen-bond acceptors (Lipinski definition) is 15. The van der Waals surface area contributed by atoms with Gasteiger partial charge in [0.25, 0.3) is 0 Å². The van der Waals surface area contributed by atoms with Gasteiger partial charge in [0.2, 0.25) is 0 Å². The molecule has 0 aliphatic carbocycles. The zero-order valence-electron chi connectivity index (χ0n) is 62.5. The van der Waals surface area contributed by atoms with Crippen molar-refractivity contribution < 1.29 is 80.2 Å². The van der Waals surface area contributed by atoms with Crippen molar-refractivity contribution in [1.29, 1.82) is 0 Å². The van der Waals surface area contributed by atoms with Crippen LogP contribution in [0.25, 0.3) is 0 Å². The minimum absolute atomic E-state index is 0.108. The van der Waals surface area contributed by atoms with Crippen LogP contribution in [0, 0.1) is 5.92 Å². The summed E-state index contributed by atoms with van der Waals surface area (Å²) in [6.07, 6.45) is 59.3. The van der Waals surface area contributed by atoms with Crippen molar-refractivity contribution in [2.45, 2.75) is 425 Å². The maximum Gasteiger partial charge on any atom is 0.472 e. The zero-order chi connectivity index (χ0) is 70.5. The first kappa shape index (κ1) is 94.1. The second-order valence-corrected chi connectivity index (χ2v) is 30.9. The molecule has 6 atom stereocenters. The van der Waals surface area contributed by atoms with E-state index in [4.69, 9.17) is 37.0 Å². The van der Waals surface area contributed by atoms with E-state index in [1.54, 1.807) is 0 Å². The van der Waals surface area contributed by atoms with E-state index in [1.165, 1.54) is 231 Å². The Labute approximate surface area is 588 Å². The lowest BCUT2D eigenvalue weighted by Gasteiger charge is -2.21. The quantitative estimate of drug-likeness (QED) is 0.0222. The molecule has 0 saturated carbocycles. The standard InChI is InChI=1S/C77H150O17P2/c1-6-10-13-16-19-22-25-27-32-36-41-46-51-56-61-75(80)88-67-73(94-77(82)63-58-53-48-43-38-33-29-28-31-35-39-44-49-54-59-70(5)9-4)69-92-96(85,86)90-65-71(78)64-89-95(83,84)91-68-72(66-87-74(79)60-55-50-45-40-34-24-21-18-15-12-8-3)93-76(81)62-57-52-47-42-37-30-26-23-20-17-14-11-7-2/h70-73,78H,6-69H2,1-5H3,(H,83,84)(H,85,86)/t70?,71-,72+,73+/m0/s1. The van der Waals surface area contributed by atoms with Gasteiger partial charge in [-0.2, -0.15) is 0 Å². The van der Waals surface area contributed by atoms with Gasteiger partial charge in [-0.05, 0) is 31.6 Å². The Morgan fingerprint density at radius 2 is 0.500 bits per heavy atom. The molecular weight excluding hydrogens is 1260 g/mol. The summed E-state index contributed by atoms with van der Waals surface area (Å²) in [5.74, 6) is -1.26. The van der Waals surface area contributed by atoms with Gasteiger partial charge in [-0.1, -0.05) is 356 Å². The molecule has 0 fully saturated rings. The number of phosphoric acid groups is 2. The number of unbranched alkanes of at least 4 members (excludes halogenated alkanes) is 48. The van der Waals surface area contributed by atoms with Crippen molar-refractivity contribution in [2.75, 3.05) is 39.6 Å². The van der Waals surface area contributed by atoms with Crippen molar-refractivity contribution >= 4 is 39.5 Å². The van der Waals surface area contributed by atoms with Crippen molar-refractivity contribution in [1.82, 2.24) is 0 Å². The number of phosphoric ester groups is 2. The van der Waals surface area contributed by atoms with Crippen LogP contribution >= 0.6 is 15.6 Å². The van der Waals surface area contributed by atoms with E-state index in [9.17, 15) is 43.2 Å². The summed E-state index contributed by atoms with van der Waals surface area (Å²) >= 11 is 0. The van der Waals surface area contributed by atoms with Gasteiger partial charge in [0, 0.05) is 25.7 Å². The van der Waals surface area contributed by atoms with Crippen LogP contribution in [0.5, 0.6) is 0 Å². The summed E-state index contributed by atoms with van der Waals surface area (Å²) in [6, 6.07) is 0. The Bertz CT molecular complexity index is 1840. The topological polar surface area (TPSA) is 237 Å². The highest BCUT2D eigenvalue weighted by Gasteiger charge is 2.30. The molecule has 0 spiro atoms. The molecule has 3 N–H and O–H groups in total. The number of carbonyl (C=O) groups is 4. The number of rotatable bonds is 77. The van der Waals surface area contributed by atoms with E-state index in [-0.39, 0.29) is 25.7 Å². The van der Waals surface area contributed by atoms with Crippen LogP contribution in [0.15, 0.2) is 0 Å². The molecule has 0 bridgehead atoms. The fraction of sp³-hybridized carbons (Fsp3) is 0.948. The van der Waals surface area contributed by atoms with E-state index >= 15 is 0 Å². The molecule has 0 heterocycles. The molecule has 0 aliphatic heterocycles. The van der Waals surface area contributed by atoms with Crippen molar-refractivity contribution in [3.8, 4) is 0 Å². The normalized spacial score (nSPS) is 14.2. The molecule has 570 valence electrons. The van der Waals surface area contributed by atoms with Crippen LogP contribution in [0.2, 0.25) is 0 Å². The smallest absolute Gasteiger partial charge is 0.462 e. The molecule has 0 aromatic rings. The summed E-state index contributed by atoms with van der Waals surface area (Å²) in [7, 11) is -9.91. The second kappa shape index (κ2) is 70.1. The SMILES string of the molecule is CCCCCCCCCCCCCCCCC(=O)OC[C@H](COP(=O)(O)OC[C@@H](O)COP(=O)(O)OC[C@@H](COC(=O)CCCCCCCCCCCCC)OC(=O)CCCCCCCCCCCCCCC)OC(=O)CCCCCCCCCCCCCCCCC(C)CC. The number of carbonyl (C=O) groups excluding carboxylic acids is 4. The largest absolute Gasteiger partial charge is 0.472 e. The third-order valence-corrected chi connectivity index (χ3v) is 20.3. The summed E-state index contributed by atoms with van der Waals surface area (Å²) in [5, 5.41) is 10.6. The molecule has 17 nitrogen and oxygen atoms in total. The Hall–Kier alpha value is -1.94. The fourth-order valence-corrected chi connectivity index (χ4v) is 13.4. The molecule has 96 heavy (non-hydrogen) atoms. The van der Waals surface area contributed by atoms with Crippen LogP contribution < -0.4 is 0 Å². The van der Waals surface area contributed by atoms with Gasteiger partial charge in [-0.3, -0.25) is 37.3 Å². The molecule has 3 unspecified atom stereocenters. The lowest BCUT2D eigenvalue weighted by atomic mass is 9.99. The Morgan fingerprint density at radius 1 is 0.292 bits per heavy atom. The lowest BCUT2D eigenvalue weighted by molar-refractivity contribution is -0.161. The van der Waals surface area contributed by atoms with Crippen LogP contribution in [0.4, 0.5) is 0 Å². The molecule has 0 aliphatic rings. The van der Waals surface area contributed by atoms with Gasteiger partial charge < -0.3 is 33.8 Å². The molecule has 0 aromatic carbocycles. The van der Waals surface area contributed by atoms with E-state index in [1.807, 2.05) is 0 Å².